The minimum atomic E-state index is -0.859. The molecule has 21 heavy (non-hydrogen) atoms. The Morgan fingerprint density at radius 1 is 1.24 bits per heavy atom. The zero-order valence-corrected chi connectivity index (χ0v) is 13.0. The van der Waals surface area contributed by atoms with E-state index >= 15 is 0 Å². The van der Waals surface area contributed by atoms with Gasteiger partial charge in [-0.25, -0.2) is 0 Å². The van der Waals surface area contributed by atoms with Gasteiger partial charge in [-0.2, -0.15) is 0 Å². The Balaban J connectivity index is 1.83. The number of carboxylic acids is 1. The zero-order valence-electron chi connectivity index (χ0n) is 13.0. The predicted molar refractivity (Wildman–Crippen MR) is 77.7 cm³/mol. The molecule has 1 unspecified atom stereocenters. The molecule has 1 aromatic rings. The van der Waals surface area contributed by atoms with Crippen molar-refractivity contribution in [1.29, 1.82) is 0 Å². The molecule has 2 heterocycles. The van der Waals surface area contributed by atoms with Crippen LogP contribution in [0.1, 0.15) is 38.2 Å². The van der Waals surface area contributed by atoms with Crippen LogP contribution in [0.25, 0.3) is 0 Å². The maximum absolute atomic E-state index is 12.8. The summed E-state index contributed by atoms with van der Waals surface area (Å²) in [5.74, 6) is -1.81. The molecule has 0 aromatic carbocycles. The van der Waals surface area contributed by atoms with Crippen LogP contribution in [-0.2, 0) is 16.1 Å². The number of rotatable bonds is 2. The molecule has 3 atom stereocenters. The number of carbonyl (C=O) groups excluding carboxylic acids is 1. The number of nitrogens with zero attached hydrogens (tertiary/aromatic N) is 2. The summed E-state index contributed by atoms with van der Waals surface area (Å²) in [6.07, 6.45) is 0. The topological polar surface area (TPSA) is 62.5 Å². The van der Waals surface area contributed by atoms with Crippen molar-refractivity contribution in [1.82, 2.24) is 9.47 Å². The summed E-state index contributed by atoms with van der Waals surface area (Å²) < 4.78 is 2.24. The van der Waals surface area contributed by atoms with E-state index in [1.54, 1.807) is 0 Å². The van der Waals surface area contributed by atoms with Crippen molar-refractivity contribution in [2.45, 2.75) is 40.3 Å². The first-order valence-corrected chi connectivity index (χ1v) is 7.46. The summed E-state index contributed by atoms with van der Waals surface area (Å²) in [6.45, 7) is 9.27. The van der Waals surface area contributed by atoms with Gasteiger partial charge in [0, 0.05) is 24.5 Å². The lowest BCUT2D eigenvalue weighted by molar-refractivity contribution is -0.143. The maximum atomic E-state index is 12.8. The van der Waals surface area contributed by atoms with E-state index in [1.165, 1.54) is 5.69 Å². The molecule has 1 aliphatic heterocycles. The number of carbonyl (C=O) groups is 2. The van der Waals surface area contributed by atoms with Crippen molar-refractivity contribution in [2.24, 2.45) is 17.3 Å². The summed E-state index contributed by atoms with van der Waals surface area (Å²) in [5, 5.41) is 9.26. The first kappa shape index (κ1) is 14.2. The van der Waals surface area contributed by atoms with E-state index in [4.69, 9.17) is 0 Å². The Kier molecular flexibility index (Phi) is 2.94. The van der Waals surface area contributed by atoms with Crippen LogP contribution in [0.5, 0.6) is 0 Å². The molecule has 114 valence electrons. The van der Waals surface area contributed by atoms with E-state index in [0.29, 0.717) is 6.54 Å². The first-order valence-electron chi connectivity index (χ1n) is 7.46. The van der Waals surface area contributed by atoms with Gasteiger partial charge in [0.05, 0.1) is 17.9 Å². The predicted octanol–water partition coefficient (Wildman–Crippen LogP) is 2.06. The Hall–Kier alpha value is -1.78. The largest absolute Gasteiger partial charge is 0.481 e. The van der Waals surface area contributed by atoms with Gasteiger partial charge in [0.15, 0.2) is 0 Å². The number of aryl methyl sites for hydroxylation is 1. The molecule has 3 rings (SSSR count). The molecule has 1 amide bonds. The Bertz CT molecular complexity index is 617. The molecule has 5 nitrogen and oxygen atoms in total. The maximum Gasteiger partial charge on any atom is 0.307 e. The van der Waals surface area contributed by atoms with E-state index in [1.807, 2.05) is 25.7 Å². The number of carboxylic acid groups (broad SMARTS) is 1. The van der Waals surface area contributed by atoms with Crippen LogP contribution in [0.4, 0.5) is 0 Å². The van der Waals surface area contributed by atoms with Crippen LogP contribution < -0.4 is 0 Å². The van der Waals surface area contributed by atoms with E-state index in [2.05, 4.69) is 23.6 Å². The lowest BCUT2D eigenvalue weighted by Crippen LogP contribution is -2.42. The normalized spacial score (nSPS) is 29.9. The molecule has 0 spiro atoms. The molecular weight excluding hydrogens is 268 g/mol. The van der Waals surface area contributed by atoms with Gasteiger partial charge in [0.1, 0.15) is 0 Å². The number of amides is 1. The highest BCUT2D eigenvalue weighted by molar-refractivity contribution is 5.92. The molecule has 0 bridgehead atoms. The second kappa shape index (κ2) is 4.36. The van der Waals surface area contributed by atoms with E-state index in [-0.39, 0.29) is 17.9 Å². The van der Waals surface area contributed by atoms with Gasteiger partial charge < -0.3 is 14.6 Å². The van der Waals surface area contributed by atoms with Gasteiger partial charge in [0.25, 0.3) is 0 Å². The van der Waals surface area contributed by atoms with Crippen molar-refractivity contribution < 1.29 is 14.7 Å². The van der Waals surface area contributed by atoms with Crippen LogP contribution in [0.2, 0.25) is 0 Å². The number of hydrogen-bond acceptors (Lipinski definition) is 2. The van der Waals surface area contributed by atoms with E-state index < -0.39 is 17.3 Å². The summed E-state index contributed by atoms with van der Waals surface area (Å²) in [7, 11) is 0. The third-order valence-electron chi connectivity index (χ3n) is 5.34. The average molecular weight is 290 g/mol. The number of aromatic nitrogens is 1. The minimum absolute atomic E-state index is 0.00537. The van der Waals surface area contributed by atoms with Gasteiger partial charge in [0.2, 0.25) is 5.91 Å². The summed E-state index contributed by atoms with van der Waals surface area (Å²) in [4.78, 5) is 25.9. The van der Waals surface area contributed by atoms with Gasteiger partial charge in [-0.15, -0.1) is 0 Å². The van der Waals surface area contributed by atoms with Crippen LogP contribution >= 0.6 is 0 Å². The van der Waals surface area contributed by atoms with Crippen LogP contribution in [0, 0.1) is 24.2 Å². The van der Waals surface area contributed by atoms with Crippen LogP contribution in [0.3, 0.4) is 0 Å². The highest BCUT2D eigenvalue weighted by Crippen LogP contribution is 2.59. The molecule has 1 saturated carbocycles. The summed E-state index contributed by atoms with van der Waals surface area (Å²) >= 11 is 0. The Labute approximate surface area is 124 Å². The van der Waals surface area contributed by atoms with Crippen LogP contribution in [-0.4, -0.2) is 33.0 Å². The molecular formula is C16H22N2O3. The number of aliphatic carboxylic acids is 1. The van der Waals surface area contributed by atoms with Crippen molar-refractivity contribution >= 4 is 11.9 Å². The average Bonchev–Trinajstić information content (AvgIpc) is 2.78. The fourth-order valence-corrected chi connectivity index (χ4v) is 3.86. The third kappa shape index (κ3) is 1.90. The molecule has 0 radical (unpaired) electrons. The molecule has 1 fully saturated rings. The van der Waals surface area contributed by atoms with E-state index in [0.717, 1.165) is 12.2 Å². The lowest BCUT2D eigenvalue weighted by atomic mass is 10.1. The van der Waals surface area contributed by atoms with Crippen LogP contribution in [0.15, 0.2) is 12.1 Å². The molecule has 1 aromatic heterocycles. The smallest absolute Gasteiger partial charge is 0.307 e. The quantitative estimate of drug-likeness (QED) is 0.907. The Morgan fingerprint density at radius 3 is 2.48 bits per heavy atom. The third-order valence-corrected chi connectivity index (χ3v) is 5.34. The Morgan fingerprint density at radius 2 is 1.90 bits per heavy atom. The fourth-order valence-electron chi connectivity index (χ4n) is 3.86. The molecule has 1 aliphatic carbocycles. The second-order valence-electron chi connectivity index (χ2n) is 6.87. The van der Waals surface area contributed by atoms with E-state index in [9.17, 15) is 14.7 Å². The fraction of sp³-hybridized carbons (Fsp3) is 0.625. The van der Waals surface area contributed by atoms with Crippen molar-refractivity contribution in [3.05, 3.63) is 23.5 Å². The molecule has 5 heteroatoms. The van der Waals surface area contributed by atoms with Gasteiger partial charge in [-0.3, -0.25) is 9.59 Å². The highest BCUT2D eigenvalue weighted by atomic mass is 16.4. The van der Waals surface area contributed by atoms with Crippen molar-refractivity contribution in [2.75, 3.05) is 6.54 Å². The lowest BCUT2D eigenvalue weighted by Gasteiger charge is -2.36. The molecule has 2 aliphatic rings. The van der Waals surface area contributed by atoms with Crippen molar-refractivity contribution in [3.8, 4) is 0 Å². The monoisotopic (exact) mass is 290 g/mol. The highest BCUT2D eigenvalue weighted by Gasteiger charge is 2.66. The molecule has 0 saturated heterocycles. The standard InChI is InChI=1S/C16H22N2O3/c1-9-5-6-11-10(2)18(8-7-17(9)11)14(19)12-13(15(20)21)16(12,3)4/h5-6,10,12-13H,7-8H2,1-4H3,(H,20,21)/t10?,12-,13+/m1/s1. The second-order valence-corrected chi connectivity index (χ2v) is 6.87. The summed E-state index contributed by atoms with van der Waals surface area (Å²) in [5.41, 5.74) is 1.91. The zero-order chi connectivity index (χ0) is 15.5. The number of hydrogen-bond donors (Lipinski definition) is 1. The number of fused-ring (bicyclic) bond motifs is 1. The van der Waals surface area contributed by atoms with Gasteiger partial charge in [-0.05, 0) is 31.4 Å². The van der Waals surface area contributed by atoms with Gasteiger partial charge in [-0.1, -0.05) is 13.8 Å². The van der Waals surface area contributed by atoms with Crippen molar-refractivity contribution in [3.63, 3.8) is 0 Å². The van der Waals surface area contributed by atoms with Gasteiger partial charge >= 0.3 is 5.97 Å². The summed E-state index contributed by atoms with van der Waals surface area (Å²) in [6, 6.07) is 4.14. The molecule has 1 N–H and O–H groups in total. The SMILES string of the molecule is Cc1ccc2n1CCN(C(=O)[C@H]1[C@@H](C(=O)O)C1(C)C)C2C. The minimum Gasteiger partial charge on any atom is -0.481 e. The first-order chi connectivity index (χ1) is 9.76.